The Bertz CT molecular complexity index is 1670. The van der Waals surface area contributed by atoms with Crippen LogP contribution in [0.5, 0.6) is 11.5 Å². The van der Waals surface area contributed by atoms with Crippen molar-refractivity contribution in [2.75, 3.05) is 33.4 Å². The summed E-state index contributed by atoms with van der Waals surface area (Å²) in [6, 6.07) is 17.1. The van der Waals surface area contributed by atoms with Crippen molar-refractivity contribution in [1.82, 2.24) is 35.3 Å². The number of carbonyl (C=O) groups is 3. The van der Waals surface area contributed by atoms with Crippen LogP contribution in [0, 0.1) is 11.3 Å². The first-order valence-electron chi connectivity index (χ1n) is 13.6. The second kappa shape index (κ2) is 12.9. The Morgan fingerprint density at radius 1 is 1.12 bits per heavy atom. The van der Waals surface area contributed by atoms with E-state index in [2.05, 4.69) is 20.7 Å². The predicted octanol–water partition coefficient (Wildman–Crippen LogP) is 2.30. The van der Waals surface area contributed by atoms with Gasteiger partial charge in [-0.3, -0.25) is 14.4 Å². The number of aromatic nitrogens is 4. The van der Waals surface area contributed by atoms with E-state index >= 15 is 0 Å². The molecule has 0 aliphatic carbocycles. The Hall–Kier alpha value is -5.64. The maximum Gasteiger partial charge on any atom is 0.270 e. The van der Waals surface area contributed by atoms with Gasteiger partial charge >= 0.3 is 0 Å². The van der Waals surface area contributed by atoms with Crippen molar-refractivity contribution >= 4 is 17.7 Å². The highest BCUT2D eigenvalue weighted by Crippen LogP contribution is 2.28. The number of nitriles is 1. The van der Waals surface area contributed by atoms with Gasteiger partial charge in [-0.25, -0.2) is 9.67 Å². The van der Waals surface area contributed by atoms with Crippen molar-refractivity contribution in [1.29, 1.82) is 5.26 Å². The zero-order valence-electron chi connectivity index (χ0n) is 23.7. The van der Waals surface area contributed by atoms with Crippen LogP contribution < -0.4 is 20.1 Å². The Labute approximate surface area is 247 Å². The monoisotopic (exact) mass is 582 g/mol. The lowest BCUT2D eigenvalue weighted by atomic mass is 10.2. The van der Waals surface area contributed by atoms with E-state index in [1.807, 2.05) is 36.4 Å². The van der Waals surface area contributed by atoms with Gasteiger partial charge in [0.2, 0.25) is 5.91 Å². The molecule has 4 aromatic rings. The van der Waals surface area contributed by atoms with Gasteiger partial charge in [-0.1, -0.05) is 30.3 Å². The van der Waals surface area contributed by atoms with Gasteiger partial charge in [0.15, 0.2) is 17.3 Å². The van der Waals surface area contributed by atoms with E-state index < -0.39 is 17.9 Å². The molecule has 5 rings (SSSR count). The Morgan fingerprint density at radius 3 is 2.67 bits per heavy atom. The van der Waals surface area contributed by atoms with Gasteiger partial charge in [0.1, 0.15) is 24.2 Å². The van der Waals surface area contributed by atoms with E-state index in [9.17, 15) is 19.6 Å². The van der Waals surface area contributed by atoms with Crippen molar-refractivity contribution in [3.05, 3.63) is 83.4 Å². The number of H-pyrrole nitrogens is 1. The fourth-order valence-corrected chi connectivity index (χ4v) is 4.66. The fourth-order valence-electron chi connectivity index (χ4n) is 4.66. The highest BCUT2D eigenvalue weighted by atomic mass is 16.5. The quantitative estimate of drug-likeness (QED) is 0.331. The third kappa shape index (κ3) is 6.65. The molecule has 13 nitrogen and oxygen atoms in total. The molecule has 0 saturated heterocycles. The second-order valence-corrected chi connectivity index (χ2v) is 9.78. The molecule has 1 aliphatic heterocycles. The van der Waals surface area contributed by atoms with Gasteiger partial charge in [-0.05, 0) is 31.2 Å². The summed E-state index contributed by atoms with van der Waals surface area (Å²) in [5, 5.41) is 19.5. The molecule has 0 radical (unpaired) electrons. The minimum atomic E-state index is -0.571. The third-order valence-corrected chi connectivity index (χ3v) is 6.82. The number of nitrogens with zero attached hydrogens (tertiary/aromatic N) is 5. The van der Waals surface area contributed by atoms with Crippen molar-refractivity contribution in [3.8, 4) is 29.0 Å². The van der Waals surface area contributed by atoms with Crippen LogP contribution in [-0.2, 0) is 11.3 Å². The predicted molar refractivity (Wildman–Crippen MR) is 154 cm³/mol. The zero-order valence-corrected chi connectivity index (χ0v) is 23.7. The van der Waals surface area contributed by atoms with Gasteiger partial charge in [0.05, 0.1) is 31.8 Å². The Kier molecular flexibility index (Phi) is 8.66. The third-order valence-electron chi connectivity index (χ3n) is 6.82. The molecule has 0 fully saturated rings. The summed E-state index contributed by atoms with van der Waals surface area (Å²) in [7, 11) is 1.51. The summed E-state index contributed by atoms with van der Waals surface area (Å²) in [5.74, 6) is 0.497. The summed E-state index contributed by atoms with van der Waals surface area (Å²) < 4.78 is 13.1. The lowest BCUT2D eigenvalue weighted by Gasteiger charge is -2.23. The first kappa shape index (κ1) is 28.9. The normalized spacial score (nSPS) is 16.1. The molecular formula is C30H30N8O5. The van der Waals surface area contributed by atoms with Crippen LogP contribution >= 0.6 is 0 Å². The Morgan fingerprint density at radius 2 is 1.93 bits per heavy atom. The van der Waals surface area contributed by atoms with Crippen LogP contribution in [0.15, 0.2) is 60.8 Å². The lowest BCUT2D eigenvalue weighted by Crippen LogP contribution is -2.45. The number of methoxy groups -OCH3 is 1. The summed E-state index contributed by atoms with van der Waals surface area (Å²) >= 11 is 0. The molecular weight excluding hydrogens is 552 g/mol. The summed E-state index contributed by atoms with van der Waals surface area (Å²) in [6.07, 6.45) is 1.41. The molecule has 3 N–H and O–H groups in total. The van der Waals surface area contributed by atoms with E-state index in [1.54, 1.807) is 29.8 Å². The van der Waals surface area contributed by atoms with Crippen LogP contribution in [0.1, 0.15) is 45.2 Å². The van der Waals surface area contributed by atoms with Gasteiger partial charge in [0, 0.05) is 30.4 Å². The summed E-state index contributed by atoms with van der Waals surface area (Å²) in [5.41, 5.74) is 1.58. The second-order valence-electron chi connectivity index (χ2n) is 9.78. The standard InChI is InChI=1S/C30H30N8O5/c1-19-28-35-27(21-6-4-3-5-7-21)36-38(28)12-13-43-25-15-22(8-9-24(25)42-2)29(40)32-10-11-37(18-26(39)34-19)30(41)23-14-20(16-31)17-33-23/h3-9,14-15,17,19,33H,10-13,18H2,1-2H3,(H,32,40)(H,34,39)/t19-/m1/s1. The molecule has 220 valence electrons. The van der Waals surface area contributed by atoms with Crippen LogP contribution in [0.2, 0.25) is 0 Å². The average Bonchev–Trinajstić information content (AvgIpc) is 3.68. The van der Waals surface area contributed by atoms with E-state index in [1.165, 1.54) is 24.3 Å². The molecule has 1 aliphatic rings. The average molecular weight is 583 g/mol. The number of hydrogen-bond donors (Lipinski definition) is 3. The maximum atomic E-state index is 13.3. The molecule has 0 spiro atoms. The Balaban J connectivity index is 1.48. The molecule has 1 atom stereocenters. The number of ether oxygens (including phenoxy) is 2. The molecule has 2 bridgehead atoms. The number of fused-ring (bicyclic) bond motifs is 3. The molecule has 2 aromatic carbocycles. The van der Waals surface area contributed by atoms with Crippen molar-refractivity contribution in [2.24, 2.45) is 0 Å². The molecule has 43 heavy (non-hydrogen) atoms. The van der Waals surface area contributed by atoms with Gasteiger partial charge in [0.25, 0.3) is 11.8 Å². The van der Waals surface area contributed by atoms with Crippen LogP contribution in [0.25, 0.3) is 11.4 Å². The van der Waals surface area contributed by atoms with Crippen LogP contribution in [-0.4, -0.2) is 75.7 Å². The number of amides is 3. The summed E-state index contributed by atoms with van der Waals surface area (Å²) in [4.78, 5) is 48.3. The van der Waals surface area contributed by atoms with Crippen molar-refractivity contribution in [2.45, 2.75) is 19.5 Å². The summed E-state index contributed by atoms with van der Waals surface area (Å²) in [6.45, 7) is 2.04. The zero-order chi connectivity index (χ0) is 30.3. The molecule has 2 aromatic heterocycles. The number of benzene rings is 2. The molecule has 0 saturated carbocycles. The van der Waals surface area contributed by atoms with Crippen LogP contribution in [0.4, 0.5) is 0 Å². The first-order valence-corrected chi connectivity index (χ1v) is 13.6. The number of nitrogens with one attached hydrogen (secondary N) is 3. The minimum absolute atomic E-state index is 0.0289. The largest absolute Gasteiger partial charge is 0.493 e. The van der Waals surface area contributed by atoms with Crippen molar-refractivity contribution < 1.29 is 23.9 Å². The van der Waals surface area contributed by atoms with E-state index in [0.29, 0.717) is 28.7 Å². The molecule has 3 amide bonds. The van der Waals surface area contributed by atoms with Crippen molar-refractivity contribution in [3.63, 3.8) is 0 Å². The van der Waals surface area contributed by atoms with E-state index in [-0.39, 0.29) is 50.0 Å². The van der Waals surface area contributed by atoms with Gasteiger partial charge in [-0.15, -0.1) is 0 Å². The lowest BCUT2D eigenvalue weighted by molar-refractivity contribution is -0.122. The van der Waals surface area contributed by atoms with Gasteiger partial charge < -0.3 is 30.0 Å². The SMILES string of the molecule is COc1ccc2cc1OCCn1nc(-c3ccccc3)nc1[C@@H](C)NC(=O)CN(C(=O)c1cc(C#N)c[nH]1)CCNC2=O. The topological polar surface area (TPSA) is 167 Å². The van der Waals surface area contributed by atoms with E-state index in [0.717, 1.165) is 5.56 Å². The highest BCUT2D eigenvalue weighted by Gasteiger charge is 2.24. The molecule has 3 heterocycles. The first-order chi connectivity index (χ1) is 20.9. The van der Waals surface area contributed by atoms with Gasteiger partial charge in [-0.2, -0.15) is 10.4 Å². The molecule has 13 heteroatoms. The highest BCUT2D eigenvalue weighted by molar-refractivity contribution is 5.96. The smallest absolute Gasteiger partial charge is 0.270 e. The number of aromatic amines is 1. The number of hydrogen-bond acceptors (Lipinski definition) is 8. The number of rotatable bonds is 3. The van der Waals surface area contributed by atoms with Crippen LogP contribution in [0.3, 0.4) is 0 Å². The minimum Gasteiger partial charge on any atom is -0.493 e. The molecule has 0 unspecified atom stereocenters. The fraction of sp³-hybridized carbons (Fsp3) is 0.267. The van der Waals surface area contributed by atoms with E-state index in [4.69, 9.17) is 14.5 Å². The number of carbonyl (C=O) groups excluding carboxylic acids is 3. The maximum absolute atomic E-state index is 13.3.